The van der Waals surface area contributed by atoms with Crippen molar-refractivity contribution in [2.75, 3.05) is 13.7 Å². The molecule has 2 fully saturated rings. The lowest BCUT2D eigenvalue weighted by atomic mass is 9.77. The molecular formula is C37H38Cl3N7O4. The van der Waals surface area contributed by atoms with Crippen LogP contribution in [0.3, 0.4) is 0 Å². The van der Waals surface area contributed by atoms with E-state index >= 15 is 0 Å². The molecule has 2 aromatic carbocycles. The molecule has 266 valence electrons. The van der Waals surface area contributed by atoms with Gasteiger partial charge in [-0.3, -0.25) is 14.2 Å². The number of methoxy groups -OCH3 is 1. The second kappa shape index (κ2) is 14.2. The molecule has 1 aliphatic carbocycles. The Morgan fingerprint density at radius 3 is 2.37 bits per heavy atom. The Labute approximate surface area is 309 Å². The first kappa shape index (κ1) is 35.4. The summed E-state index contributed by atoms with van der Waals surface area (Å²) < 4.78 is 8.78. The van der Waals surface area contributed by atoms with Crippen LogP contribution in [0.4, 0.5) is 0 Å². The molecule has 11 nitrogen and oxygen atoms in total. The van der Waals surface area contributed by atoms with Crippen LogP contribution in [0.1, 0.15) is 44.0 Å². The third-order valence-corrected chi connectivity index (χ3v) is 10.9. The summed E-state index contributed by atoms with van der Waals surface area (Å²) in [5.74, 6) is 1.02. The van der Waals surface area contributed by atoms with Crippen molar-refractivity contribution >= 4 is 46.2 Å². The molecule has 14 heteroatoms. The Balaban J connectivity index is 1.16. The number of benzene rings is 2. The molecule has 1 unspecified atom stereocenters. The summed E-state index contributed by atoms with van der Waals surface area (Å²) in [6.07, 6.45) is 4.45. The highest BCUT2D eigenvalue weighted by Gasteiger charge is 2.38. The van der Waals surface area contributed by atoms with Gasteiger partial charge < -0.3 is 25.8 Å². The number of hydrogen-bond acceptors (Lipinski definition) is 8. The fraction of sp³-hybridized carbons (Fsp3) is 0.351. The van der Waals surface area contributed by atoms with E-state index in [0.717, 1.165) is 17.5 Å². The smallest absolute Gasteiger partial charge is 0.277 e. The molecule has 51 heavy (non-hydrogen) atoms. The number of rotatable bonds is 11. The van der Waals surface area contributed by atoms with E-state index < -0.39 is 5.60 Å². The Hall–Kier alpha value is -3.97. The molecule has 0 radical (unpaired) electrons. The van der Waals surface area contributed by atoms with E-state index in [0.29, 0.717) is 99.1 Å². The van der Waals surface area contributed by atoms with Gasteiger partial charge in [-0.15, -0.1) is 0 Å². The molecule has 1 saturated carbocycles. The van der Waals surface area contributed by atoms with Gasteiger partial charge in [-0.25, -0.2) is 9.50 Å². The van der Waals surface area contributed by atoms with Crippen LogP contribution in [-0.2, 0) is 24.9 Å². The van der Waals surface area contributed by atoms with Crippen molar-refractivity contribution in [1.82, 2.24) is 35.1 Å². The molecule has 2 aliphatic rings. The first-order chi connectivity index (χ1) is 24.4. The van der Waals surface area contributed by atoms with Crippen molar-refractivity contribution in [2.45, 2.75) is 63.4 Å². The van der Waals surface area contributed by atoms with Gasteiger partial charge in [0.1, 0.15) is 11.3 Å². The van der Waals surface area contributed by atoms with E-state index in [1.165, 1.54) is 0 Å². The van der Waals surface area contributed by atoms with Crippen LogP contribution in [0.5, 0.6) is 5.88 Å². The number of ether oxygens (including phenoxy) is 1. The van der Waals surface area contributed by atoms with E-state index in [1.54, 1.807) is 41.6 Å². The van der Waals surface area contributed by atoms with Gasteiger partial charge in [0.15, 0.2) is 0 Å². The number of carbonyl (C=O) groups is 1. The maximum atomic E-state index is 13.4. The second-order valence-electron chi connectivity index (χ2n) is 13.6. The molecule has 1 atom stereocenters. The summed E-state index contributed by atoms with van der Waals surface area (Å²) in [6, 6.07) is 15.1. The maximum absolute atomic E-state index is 13.4. The lowest BCUT2D eigenvalue weighted by Crippen LogP contribution is -2.51. The van der Waals surface area contributed by atoms with Gasteiger partial charge in [0.2, 0.25) is 11.8 Å². The van der Waals surface area contributed by atoms with Crippen molar-refractivity contribution in [1.29, 1.82) is 0 Å². The average molecular weight is 751 g/mol. The zero-order valence-electron chi connectivity index (χ0n) is 28.4. The van der Waals surface area contributed by atoms with Crippen LogP contribution in [0.2, 0.25) is 15.1 Å². The molecule has 3 aromatic heterocycles. The molecule has 1 aliphatic heterocycles. The molecule has 5 aromatic rings. The highest BCUT2D eigenvalue weighted by Crippen LogP contribution is 2.43. The Bertz CT molecular complexity index is 2210. The van der Waals surface area contributed by atoms with Gasteiger partial charge in [-0.05, 0) is 38.3 Å². The number of aromatic nitrogens is 4. The second-order valence-corrected chi connectivity index (χ2v) is 14.7. The summed E-state index contributed by atoms with van der Waals surface area (Å²) in [5.41, 5.74) is 4.35. The lowest BCUT2D eigenvalue weighted by Gasteiger charge is -2.41. The predicted molar refractivity (Wildman–Crippen MR) is 199 cm³/mol. The van der Waals surface area contributed by atoms with Crippen LogP contribution < -0.4 is 26.2 Å². The molecule has 1 saturated heterocycles. The number of aliphatic hydroxyl groups is 1. The van der Waals surface area contributed by atoms with Crippen molar-refractivity contribution in [3.63, 3.8) is 0 Å². The Kier molecular flexibility index (Phi) is 9.88. The summed E-state index contributed by atoms with van der Waals surface area (Å²) in [5, 5.41) is 25.8. The summed E-state index contributed by atoms with van der Waals surface area (Å²) in [7, 11) is 3.25. The maximum Gasteiger partial charge on any atom is 0.277 e. The molecular weight excluding hydrogens is 713 g/mol. The zero-order chi connectivity index (χ0) is 36.0. The van der Waals surface area contributed by atoms with E-state index in [-0.39, 0.29) is 23.6 Å². The normalized spacial score (nSPS) is 20.1. The Morgan fingerprint density at radius 2 is 1.71 bits per heavy atom. The minimum absolute atomic E-state index is 0.0675. The average Bonchev–Trinajstić information content (AvgIpc) is 3.71. The third-order valence-electron chi connectivity index (χ3n) is 9.73. The van der Waals surface area contributed by atoms with Gasteiger partial charge in [-0.1, -0.05) is 71.2 Å². The van der Waals surface area contributed by atoms with Gasteiger partial charge in [-0.2, -0.15) is 5.10 Å². The van der Waals surface area contributed by atoms with Crippen LogP contribution in [0.15, 0.2) is 59.5 Å². The third kappa shape index (κ3) is 7.11. The highest BCUT2D eigenvalue weighted by atomic mass is 35.5. The number of hydrogen-bond donors (Lipinski definition) is 4. The fourth-order valence-electron chi connectivity index (χ4n) is 6.95. The Morgan fingerprint density at radius 1 is 1.02 bits per heavy atom. The van der Waals surface area contributed by atoms with Gasteiger partial charge >= 0.3 is 0 Å². The summed E-state index contributed by atoms with van der Waals surface area (Å²) in [4.78, 5) is 29.7. The van der Waals surface area contributed by atoms with Crippen LogP contribution >= 0.6 is 34.8 Å². The molecule has 1 amide bonds. The summed E-state index contributed by atoms with van der Waals surface area (Å²) >= 11 is 21.0. The summed E-state index contributed by atoms with van der Waals surface area (Å²) in [6.45, 7) is 3.24. The number of halogens is 3. The monoisotopic (exact) mass is 749 g/mol. The van der Waals surface area contributed by atoms with Crippen LogP contribution in [-0.4, -0.2) is 61.5 Å². The van der Waals surface area contributed by atoms with E-state index in [4.69, 9.17) is 49.6 Å². The predicted octanol–water partition coefficient (Wildman–Crippen LogP) is 5.77. The van der Waals surface area contributed by atoms with Crippen LogP contribution in [0, 0.1) is 0 Å². The number of fused-ring (bicyclic) bond motifs is 1. The molecule has 0 spiro atoms. The van der Waals surface area contributed by atoms with Crippen molar-refractivity contribution in [3.8, 4) is 39.4 Å². The number of nitrogens with one attached hydrogen (secondary N) is 3. The molecule has 4 N–H and O–H groups in total. The largest absolute Gasteiger partial charge is 0.481 e. The highest BCUT2D eigenvalue weighted by molar-refractivity contribution is 6.39. The van der Waals surface area contributed by atoms with E-state index in [2.05, 4.69) is 16.0 Å². The van der Waals surface area contributed by atoms with E-state index in [9.17, 15) is 14.7 Å². The van der Waals surface area contributed by atoms with Gasteiger partial charge in [0.25, 0.3) is 5.56 Å². The van der Waals surface area contributed by atoms with Crippen molar-refractivity contribution in [2.24, 2.45) is 7.05 Å². The minimum Gasteiger partial charge on any atom is -0.481 e. The van der Waals surface area contributed by atoms with Crippen molar-refractivity contribution in [3.05, 3.63) is 91.5 Å². The zero-order valence-corrected chi connectivity index (χ0v) is 30.7. The number of amides is 1. The number of nitrogens with zero attached hydrogens (tertiary/aromatic N) is 4. The quantitative estimate of drug-likeness (QED) is 0.134. The molecule has 7 rings (SSSR count). The number of pyridine rings is 1. The van der Waals surface area contributed by atoms with Crippen molar-refractivity contribution < 1.29 is 14.6 Å². The standard InChI is InChI=1S/C37H38Cl3N7O4/c1-37(50)14-22(15-37)42-18-31-45-47-19-20(12-30(47)36(49)46(31)2)23-6-4-7-24(33(23)39)25-8-5-9-26(34(25)40)29-13-28(38)27(35(44-29)51-3)17-41-16-21-10-11-32(48)43-21/h4-9,12-13,19,21-22,41-42,50H,10-11,14-18H2,1-3H3,(H,43,48). The molecule has 0 bridgehead atoms. The number of carbonyl (C=O) groups excluding carboxylic acids is 1. The fourth-order valence-corrected chi connectivity index (χ4v) is 7.86. The lowest BCUT2D eigenvalue weighted by molar-refractivity contribution is -0.119. The molecule has 4 heterocycles. The van der Waals surface area contributed by atoms with E-state index in [1.807, 2.05) is 43.3 Å². The van der Waals surface area contributed by atoms with Gasteiger partial charge in [0.05, 0.1) is 40.0 Å². The van der Waals surface area contributed by atoms with Gasteiger partial charge in [0, 0.05) is 78.2 Å². The first-order valence-corrected chi connectivity index (χ1v) is 17.9. The first-order valence-electron chi connectivity index (χ1n) is 16.8. The minimum atomic E-state index is -0.644. The topological polar surface area (TPSA) is 135 Å². The SMILES string of the molecule is COc1nc(-c2cccc(-c3cccc(-c4cc5c(=O)n(C)c(CNC6CC(C)(O)C6)nn5c4)c3Cl)c2Cl)cc(Cl)c1CNCC1CCC(=O)N1. The van der Waals surface area contributed by atoms with Crippen LogP contribution in [0.25, 0.3) is 39.0 Å².